The Labute approximate surface area is 137 Å². The van der Waals surface area contributed by atoms with Gasteiger partial charge in [-0.3, -0.25) is 0 Å². The monoisotopic (exact) mass is 331 g/mol. The molecule has 120 valence electrons. The molecule has 0 saturated heterocycles. The lowest BCUT2D eigenvalue weighted by Gasteiger charge is -2.19. The van der Waals surface area contributed by atoms with Crippen molar-refractivity contribution < 1.29 is 13.4 Å². The first-order valence-electron chi connectivity index (χ1n) is 7.37. The first kappa shape index (κ1) is 16.0. The van der Waals surface area contributed by atoms with Crippen LogP contribution in [0.5, 0.6) is 0 Å². The second-order valence-electron chi connectivity index (χ2n) is 6.34. The van der Waals surface area contributed by atoms with Crippen molar-refractivity contribution in [2.24, 2.45) is 4.40 Å². The van der Waals surface area contributed by atoms with Crippen LogP contribution in [0.2, 0.25) is 0 Å². The number of furan rings is 1. The highest BCUT2D eigenvalue weighted by Gasteiger charge is 2.27. The lowest BCUT2D eigenvalue weighted by molar-refractivity contribution is 0.558. The summed E-state index contributed by atoms with van der Waals surface area (Å²) in [5.74, 6) is 0. The van der Waals surface area contributed by atoms with Gasteiger partial charge in [0.05, 0.1) is 0 Å². The summed E-state index contributed by atoms with van der Waals surface area (Å²) in [5, 5.41) is 1.88. The SMILES string of the molecule is CC(C)(C)[S+]([O-])N=C(CF)c1ccc2oc3ccccc3c2c1. The van der Waals surface area contributed by atoms with Gasteiger partial charge >= 0.3 is 0 Å². The van der Waals surface area contributed by atoms with Gasteiger partial charge in [0.2, 0.25) is 0 Å². The lowest BCUT2D eigenvalue weighted by atomic mass is 10.1. The molecule has 0 radical (unpaired) electrons. The van der Waals surface area contributed by atoms with Crippen LogP contribution in [0.1, 0.15) is 26.3 Å². The zero-order chi connectivity index (χ0) is 16.6. The van der Waals surface area contributed by atoms with Gasteiger partial charge in [0.1, 0.15) is 39.7 Å². The number of para-hydroxylation sites is 1. The Bertz CT molecular complexity index is 879. The van der Waals surface area contributed by atoms with Gasteiger partial charge in [0.25, 0.3) is 0 Å². The van der Waals surface area contributed by atoms with E-state index in [1.54, 1.807) is 12.1 Å². The van der Waals surface area contributed by atoms with Gasteiger partial charge in [0, 0.05) is 16.3 Å². The average molecular weight is 331 g/mol. The molecule has 1 aromatic heterocycles. The van der Waals surface area contributed by atoms with E-state index >= 15 is 0 Å². The molecule has 0 amide bonds. The third-order valence-electron chi connectivity index (χ3n) is 3.55. The number of hydrogen-bond acceptors (Lipinski definition) is 3. The van der Waals surface area contributed by atoms with Gasteiger partial charge in [0.15, 0.2) is 0 Å². The van der Waals surface area contributed by atoms with Crippen molar-refractivity contribution in [3.8, 4) is 0 Å². The van der Waals surface area contributed by atoms with Crippen LogP contribution in [0, 0.1) is 0 Å². The van der Waals surface area contributed by atoms with Crippen LogP contribution in [0.25, 0.3) is 21.9 Å². The standard InChI is InChI=1S/C18H18FNO2S/c1-18(2,3)23(21)20-15(11-19)12-8-9-17-14(10-12)13-6-4-5-7-16(13)22-17/h4-10H,11H2,1-3H3. The summed E-state index contributed by atoms with van der Waals surface area (Å²) >= 11 is -1.49. The fraction of sp³-hybridized carbons (Fsp3) is 0.278. The summed E-state index contributed by atoms with van der Waals surface area (Å²) < 4.78 is 34.9. The average Bonchev–Trinajstić information content (AvgIpc) is 2.89. The minimum atomic E-state index is -1.49. The molecule has 3 nitrogen and oxygen atoms in total. The Kier molecular flexibility index (Phi) is 4.17. The van der Waals surface area contributed by atoms with E-state index in [0.29, 0.717) is 5.56 Å². The van der Waals surface area contributed by atoms with E-state index in [1.165, 1.54) is 0 Å². The smallest absolute Gasteiger partial charge is 0.144 e. The number of benzene rings is 2. The van der Waals surface area contributed by atoms with Crippen molar-refractivity contribution in [3.63, 3.8) is 0 Å². The highest BCUT2D eigenvalue weighted by Crippen LogP contribution is 2.29. The first-order chi connectivity index (χ1) is 10.9. The molecule has 1 atom stereocenters. The van der Waals surface area contributed by atoms with Crippen LogP contribution >= 0.6 is 0 Å². The Morgan fingerprint density at radius 2 is 1.83 bits per heavy atom. The summed E-state index contributed by atoms with van der Waals surface area (Å²) in [6, 6.07) is 13.1. The third kappa shape index (κ3) is 3.12. The highest BCUT2D eigenvalue weighted by atomic mass is 32.2. The van der Waals surface area contributed by atoms with Crippen molar-refractivity contribution in [2.75, 3.05) is 6.67 Å². The molecule has 0 aliphatic heterocycles. The summed E-state index contributed by atoms with van der Waals surface area (Å²) in [4.78, 5) is 0. The van der Waals surface area contributed by atoms with Crippen LogP contribution in [-0.2, 0) is 11.4 Å². The predicted molar refractivity (Wildman–Crippen MR) is 94.1 cm³/mol. The number of nitrogens with zero attached hydrogens (tertiary/aromatic N) is 1. The maximum Gasteiger partial charge on any atom is 0.144 e. The van der Waals surface area contributed by atoms with Gasteiger partial charge in [-0.2, -0.15) is 0 Å². The van der Waals surface area contributed by atoms with Crippen LogP contribution in [0.3, 0.4) is 0 Å². The molecule has 1 unspecified atom stereocenters. The lowest BCUT2D eigenvalue weighted by Crippen LogP contribution is -2.27. The van der Waals surface area contributed by atoms with Crippen LogP contribution in [0.4, 0.5) is 4.39 Å². The Morgan fingerprint density at radius 3 is 2.52 bits per heavy atom. The maximum atomic E-state index is 13.4. The molecule has 5 heteroatoms. The quantitative estimate of drug-likeness (QED) is 0.511. The number of fused-ring (bicyclic) bond motifs is 3. The zero-order valence-corrected chi connectivity index (χ0v) is 14.1. The molecule has 1 heterocycles. The number of halogens is 1. The number of rotatable bonds is 3. The van der Waals surface area contributed by atoms with Crippen molar-refractivity contribution in [1.29, 1.82) is 0 Å². The second kappa shape index (κ2) is 5.98. The van der Waals surface area contributed by atoms with E-state index in [0.717, 1.165) is 21.9 Å². The largest absolute Gasteiger partial charge is 0.591 e. The summed E-state index contributed by atoms with van der Waals surface area (Å²) in [7, 11) is 0. The van der Waals surface area contributed by atoms with Crippen molar-refractivity contribution >= 4 is 39.0 Å². The fourth-order valence-corrected chi connectivity index (χ4v) is 2.93. The minimum Gasteiger partial charge on any atom is -0.591 e. The summed E-state index contributed by atoms with van der Waals surface area (Å²) in [5.41, 5.74) is 2.36. The molecular weight excluding hydrogens is 313 g/mol. The van der Waals surface area contributed by atoms with Crippen LogP contribution in [0.15, 0.2) is 51.3 Å². The molecule has 0 spiro atoms. The molecule has 2 aromatic carbocycles. The third-order valence-corrected chi connectivity index (χ3v) is 4.99. The van der Waals surface area contributed by atoms with Gasteiger partial charge in [-0.25, -0.2) is 4.39 Å². The first-order valence-corrected chi connectivity index (χ1v) is 8.48. The highest BCUT2D eigenvalue weighted by molar-refractivity contribution is 7.91. The molecule has 3 rings (SSSR count). The van der Waals surface area contributed by atoms with E-state index in [-0.39, 0.29) is 5.71 Å². The molecule has 0 fully saturated rings. The van der Waals surface area contributed by atoms with Crippen LogP contribution < -0.4 is 0 Å². The van der Waals surface area contributed by atoms with E-state index in [2.05, 4.69) is 4.40 Å². The molecule has 0 N–H and O–H groups in total. The molecule has 3 aromatic rings. The van der Waals surface area contributed by atoms with Gasteiger partial charge in [-0.15, -0.1) is 0 Å². The normalized spacial score (nSPS) is 14.6. The predicted octanol–water partition coefficient (Wildman–Crippen LogP) is 4.81. The Balaban J connectivity index is 2.11. The van der Waals surface area contributed by atoms with Gasteiger partial charge in [-0.05, 0) is 45.0 Å². The van der Waals surface area contributed by atoms with E-state index in [4.69, 9.17) is 4.42 Å². The fourth-order valence-electron chi connectivity index (χ4n) is 2.30. The topological polar surface area (TPSA) is 48.6 Å². The van der Waals surface area contributed by atoms with Crippen molar-refractivity contribution in [3.05, 3.63) is 48.0 Å². The van der Waals surface area contributed by atoms with Crippen LogP contribution in [-0.4, -0.2) is 21.7 Å². The van der Waals surface area contributed by atoms with Gasteiger partial charge < -0.3 is 8.97 Å². The number of alkyl halides is 1. The van der Waals surface area contributed by atoms with E-state index in [9.17, 15) is 8.94 Å². The summed E-state index contributed by atoms with van der Waals surface area (Å²) in [6.45, 7) is 4.68. The van der Waals surface area contributed by atoms with Crippen molar-refractivity contribution in [2.45, 2.75) is 25.5 Å². The molecule has 0 saturated carbocycles. The Morgan fingerprint density at radius 1 is 1.13 bits per heavy atom. The van der Waals surface area contributed by atoms with Crippen molar-refractivity contribution in [1.82, 2.24) is 0 Å². The minimum absolute atomic E-state index is 0.199. The van der Waals surface area contributed by atoms with E-state index in [1.807, 2.05) is 51.1 Å². The second-order valence-corrected chi connectivity index (χ2v) is 8.25. The molecule has 0 bridgehead atoms. The molecule has 0 aliphatic carbocycles. The molecule has 23 heavy (non-hydrogen) atoms. The molecule has 0 aliphatic rings. The Hall–Kier alpha value is -1.85. The number of hydrogen-bond donors (Lipinski definition) is 0. The zero-order valence-electron chi connectivity index (χ0n) is 13.3. The molecular formula is C18H18FNO2S. The maximum absolute atomic E-state index is 13.4. The van der Waals surface area contributed by atoms with E-state index < -0.39 is 22.8 Å². The van der Waals surface area contributed by atoms with Gasteiger partial charge in [-0.1, -0.05) is 22.6 Å². The summed E-state index contributed by atoms with van der Waals surface area (Å²) in [6.07, 6.45) is 0.